The quantitative estimate of drug-likeness (QED) is 0.768. The van der Waals surface area contributed by atoms with Gasteiger partial charge in [-0.2, -0.15) is 0 Å². The van der Waals surface area contributed by atoms with Gasteiger partial charge in [-0.15, -0.1) is 11.3 Å². The smallest absolute Gasteiger partial charge is 0.123 e. The molecule has 21 heavy (non-hydrogen) atoms. The molecule has 3 heteroatoms. The maximum absolute atomic E-state index is 9.69. The van der Waals surface area contributed by atoms with E-state index >= 15 is 0 Å². The molecule has 0 saturated heterocycles. The normalized spacial score (nSPS) is 12.2. The number of thiazole rings is 1. The van der Waals surface area contributed by atoms with Crippen molar-refractivity contribution in [3.8, 4) is 10.6 Å². The molecule has 0 unspecified atom stereocenters. The van der Waals surface area contributed by atoms with E-state index in [0.29, 0.717) is 0 Å². The van der Waals surface area contributed by atoms with Gasteiger partial charge in [0.25, 0.3) is 0 Å². The molecule has 0 aliphatic carbocycles. The fraction of sp³-hybridized carbons (Fsp3) is 0.167. The number of benzene rings is 2. The van der Waals surface area contributed by atoms with Crippen LogP contribution in [0.1, 0.15) is 17.2 Å². The van der Waals surface area contributed by atoms with E-state index in [4.69, 9.17) is 4.98 Å². The Morgan fingerprint density at radius 2 is 1.62 bits per heavy atom. The van der Waals surface area contributed by atoms with Crippen molar-refractivity contribution >= 4 is 11.3 Å². The Morgan fingerprint density at radius 1 is 0.952 bits per heavy atom. The molecule has 3 rings (SSSR count). The van der Waals surface area contributed by atoms with Crippen molar-refractivity contribution in [1.29, 1.82) is 0 Å². The van der Waals surface area contributed by atoms with Gasteiger partial charge in [0.05, 0.1) is 12.3 Å². The zero-order valence-electron chi connectivity index (χ0n) is 11.6. The highest BCUT2D eigenvalue weighted by Crippen LogP contribution is 2.28. The molecule has 0 bridgehead atoms. The molecule has 1 aromatic heterocycles. The van der Waals surface area contributed by atoms with Crippen LogP contribution < -0.4 is 0 Å². The Hall–Kier alpha value is -1.97. The molecule has 2 aromatic carbocycles. The van der Waals surface area contributed by atoms with E-state index in [0.717, 1.165) is 22.7 Å². The fourth-order valence-corrected chi connectivity index (χ4v) is 3.26. The average molecular weight is 295 g/mol. The van der Waals surface area contributed by atoms with E-state index in [1.165, 1.54) is 5.56 Å². The lowest BCUT2D eigenvalue weighted by molar-refractivity contribution is 0.262. The number of hydrogen-bond acceptors (Lipinski definition) is 3. The lowest BCUT2D eigenvalue weighted by Crippen LogP contribution is -2.08. The first-order valence-electron chi connectivity index (χ1n) is 7.02. The van der Waals surface area contributed by atoms with Crippen molar-refractivity contribution < 1.29 is 5.11 Å². The predicted octanol–water partition coefficient (Wildman–Crippen LogP) is 4.13. The van der Waals surface area contributed by atoms with Crippen LogP contribution >= 0.6 is 11.3 Å². The van der Waals surface area contributed by atoms with E-state index in [-0.39, 0.29) is 12.5 Å². The van der Waals surface area contributed by atoms with Crippen molar-refractivity contribution in [2.75, 3.05) is 6.61 Å². The first-order valence-corrected chi connectivity index (χ1v) is 7.90. The Morgan fingerprint density at radius 3 is 2.29 bits per heavy atom. The van der Waals surface area contributed by atoms with Gasteiger partial charge in [0.15, 0.2) is 0 Å². The van der Waals surface area contributed by atoms with Crippen molar-refractivity contribution in [3.05, 3.63) is 77.3 Å². The zero-order valence-corrected chi connectivity index (χ0v) is 12.5. The summed E-state index contributed by atoms with van der Waals surface area (Å²) in [4.78, 5) is 4.71. The first kappa shape index (κ1) is 14.0. The van der Waals surface area contributed by atoms with Crippen LogP contribution in [0.3, 0.4) is 0 Å². The minimum absolute atomic E-state index is 0.0566. The van der Waals surface area contributed by atoms with Crippen LogP contribution in [-0.4, -0.2) is 16.7 Å². The topological polar surface area (TPSA) is 33.1 Å². The molecule has 0 aliphatic rings. The maximum Gasteiger partial charge on any atom is 0.123 e. The summed E-state index contributed by atoms with van der Waals surface area (Å²) in [5, 5.41) is 12.8. The highest BCUT2D eigenvalue weighted by molar-refractivity contribution is 7.13. The number of aromatic nitrogens is 1. The van der Waals surface area contributed by atoms with Gasteiger partial charge < -0.3 is 5.11 Å². The van der Waals surface area contributed by atoms with Crippen LogP contribution in [0.2, 0.25) is 0 Å². The fourth-order valence-electron chi connectivity index (χ4n) is 2.35. The molecule has 1 atom stereocenters. The minimum Gasteiger partial charge on any atom is -0.396 e. The largest absolute Gasteiger partial charge is 0.396 e. The van der Waals surface area contributed by atoms with E-state index in [1.807, 2.05) is 36.4 Å². The summed E-state index contributed by atoms with van der Waals surface area (Å²) in [5.74, 6) is 0.0566. The standard InChI is InChI=1S/C18H17NOS/c20-12-16(11-14-7-3-1-4-8-14)17-13-21-18(19-17)15-9-5-2-6-10-15/h1-10,13,16,20H,11-12H2/t16-/m0/s1. The Kier molecular flexibility index (Phi) is 4.43. The third kappa shape index (κ3) is 3.38. The molecule has 3 aromatic rings. The van der Waals surface area contributed by atoms with Gasteiger partial charge in [-0.1, -0.05) is 60.7 Å². The number of aliphatic hydroxyl groups excluding tert-OH is 1. The monoisotopic (exact) mass is 295 g/mol. The van der Waals surface area contributed by atoms with Gasteiger partial charge in [-0.25, -0.2) is 4.98 Å². The molecule has 1 heterocycles. The number of aliphatic hydroxyl groups is 1. The third-order valence-electron chi connectivity index (χ3n) is 3.51. The number of hydrogen-bond donors (Lipinski definition) is 1. The van der Waals surface area contributed by atoms with Crippen LogP contribution in [0.4, 0.5) is 0 Å². The summed E-state index contributed by atoms with van der Waals surface area (Å²) >= 11 is 1.63. The zero-order chi connectivity index (χ0) is 14.5. The molecule has 0 saturated carbocycles. The lowest BCUT2D eigenvalue weighted by Gasteiger charge is -2.11. The Labute approximate surface area is 128 Å². The number of nitrogens with zero attached hydrogens (tertiary/aromatic N) is 1. The second kappa shape index (κ2) is 6.66. The second-order valence-electron chi connectivity index (χ2n) is 5.01. The van der Waals surface area contributed by atoms with Gasteiger partial charge in [-0.3, -0.25) is 0 Å². The van der Waals surface area contributed by atoms with Gasteiger partial charge in [0.1, 0.15) is 5.01 Å². The lowest BCUT2D eigenvalue weighted by atomic mass is 9.98. The molecule has 0 amide bonds. The van der Waals surface area contributed by atoms with E-state index in [1.54, 1.807) is 11.3 Å². The van der Waals surface area contributed by atoms with Gasteiger partial charge >= 0.3 is 0 Å². The molecule has 106 valence electrons. The van der Waals surface area contributed by atoms with E-state index in [9.17, 15) is 5.11 Å². The summed E-state index contributed by atoms with van der Waals surface area (Å²) in [6, 6.07) is 20.4. The van der Waals surface area contributed by atoms with Crippen molar-refractivity contribution in [2.24, 2.45) is 0 Å². The van der Waals surface area contributed by atoms with Crippen molar-refractivity contribution in [3.63, 3.8) is 0 Å². The van der Waals surface area contributed by atoms with Gasteiger partial charge in [-0.05, 0) is 12.0 Å². The molecular formula is C18H17NOS. The molecule has 0 radical (unpaired) electrons. The molecular weight excluding hydrogens is 278 g/mol. The van der Waals surface area contributed by atoms with Crippen LogP contribution in [0.15, 0.2) is 66.0 Å². The molecule has 0 fully saturated rings. The Balaban J connectivity index is 1.81. The predicted molar refractivity (Wildman–Crippen MR) is 87.5 cm³/mol. The highest BCUT2D eigenvalue weighted by atomic mass is 32.1. The summed E-state index contributed by atoms with van der Waals surface area (Å²) in [5.41, 5.74) is 3.33. The van der Waals surface area contributed by atoms with E-state index in [2.05, 4.69) is 29.6 Å². The maximum atomic E-state index is 9.69. The third-order valence-corrected chi connectivity index (χ3v) is 4.42. The molecule has 0 spiro atoms. The molecule has 0 aliphatic heterocycles. The van der Waals surface area contributed by atoms with Gasteiger partial charge in [0, 0.05) is 16.9 Å². The Bertz CT molecular complexity index is 679. The second-order valence-corrected chi connectivity index (χ2v) is 5.87. The minimum atomic E-state index is 0.0566. The summed E-state index contributed by atoms with van der Waals surface area (Å²) in [6.45, 7) is 0.118. The summed E-state index contributed by atoms with van der Waals surface area (Å²) < 4.78 is 0. The molecule has 2 nitrogen and oxygen atoms in total. The summed E-state index contributed by atoms with van der Waals surface area (Å²) in [7, 11) is 0. The van der Waals surface area contributed by atoms with Crippen LogP contribution in [0, 0.1) is 0 Å². The highest BCUT2D eigenvalue weighted by Gasteiger charge is 2.15. The first-order chi connectivity index (χ1) is 10.4. The van der Waals surface area contributed by atoms with Crippen LogP contribution in [0.5, 0.6) is 0 Å². The van der Waals surface area contributed by atoms with Crippen molar-refractivity contribution in [2.45, 2.75) is 12.3 Å². The average Bonchev–Trinajstić information content (AvgIpc) is 3.04. The summed E-state index contributed by atoms with van der Waals surface area (Å²) in [6.07, 6.45) is 0.815. The number of rotatable bonds is 5. The van der Waals surface area contributed by atoms with Gasteiger partial charge in [0.2, 0.25) is 0 Å². The SMILES string of the molecule is OC[C@H](Cc1ccccc1)c1csc(-c2ccccc2)n1. The molecule has 1 N–H and O–H groups in total. The van der Waals surface area contributed by atoms with Crippen LogP contribution in [-0.2, 0) is 6.42 Å². The van der Waals surface area contributed by atoms with E-state index < -0.39 is 0 Å². The van der Waals surface area contributed by atoms with Crippen LogP contribution in [0.25, 0.3) is 10.6 Å². The van der Waals surface area contributed by atoms with Crippen molar-refractivity contribution in [1.82, 2.24) is 4.98 Å².